The molecule has 3 rings (SSSR count). The SMILES string of the molecule is CC(C)CCN1Cc2cccc(NC(=O)CCC3CCNCC3)c2C1. The van der Waals surface area contributed by atoms with Crippen LogP contribution in [-0.4, -0.2) is 30.4 Å². The van der Waals surface area contributed by atoms with Crippen LogP contribution in [-0.2, 0) is 17.9 Å². The van der Waals surface area contributed by atoms with E-state index in [4.69, 9.17) is 0 Å². The molecule has 0 saturated carbocycles. The van der Waals surface area contributed by atoms with Gasteiger partial charge >= 0.3 is 0 Å². The van der Waals surface area contributed by atoms with E-state index >= 15 is 0 Å². The second kappa shape index (κ2) is 8.81. The predicted molar refractivity (Wildman–Crippen MR) is 103 cm³/mol. The number of nitrogens with zero attached hydrogens (tertiary/aromatic N) is 1. The Hall–Kier alpha value is -1.39. The largest absolute Gasteiger partial charge is 0.326 e. The van der Waals surface area contributed by atoms with Crippen LogP contribution in [0.4, 0.5) is 5.69 Å². The molecule has 25 heavy (non-hydrogen) atoms. The lowest BCUT2D eigenvalue weighted by molar-refractivity contribution is -0.116. The lowest BCUT2D eigenvalue weighted by Crippen LogP contribution is -2.28. The maximum atomic E-state index is 12.4. The molecule has 138 valence electrons. The minimum absolute atomic E-state index is 0.174. The number of carbonyl (C=O) groups excluding carboxylic acids is 1. The molecule has 0 radical (unpaired) electrons. The van der Waals surface area contributed by atoms with Crippen molar-refractivity contribution < 1.29 is 4.79 Å². The van der Waals surface area contributed by atoms with Crippen LogP contribution in [0.5, 0.6) is 0 Å². The molecule has 1 fully saturated rings. The molecule has 1 amide bonds. The molecular formula is C21H33N3O. The van der Waals surface area contributed by atoms with Gasteiger partial charge in [0.15, 0.2) is 0 Å². The van der Waals surface area contributed by atoms with Gasteiger partial charge in [0.1, 0.15) is 0 Å². The number of hydrogen-bond donors (Lipinski definition) is 2. The zero-order valence-electron chi connectivity index (χ0n) is 15.8. The van der Waals surface area contributed by atoms with Crippen LogP contribution < -0.4 is 10.6 Å². The van der Waals surface area contributed by atoms with Crippen molar-refractivity contribution in [2.45, 2.75) is 59.0 Å². The number of fused-ring (bicyclic) bond motifs is 1. The highest BCUT2D eigenvalue weighted by Crippen LogP contribution is 2.30. The van der Waals surface area contributed by atoms with E-state index in [-0.39, 0.29) is 5.91 Å². The number of benzene rings is 1. The molecule has 0 atom stereocenters. The molecule has 0 aliphatic carbocycles. The molecule has 2 N–H and O–H groups in total. The number of nitrogens with one attached hydrogen (secondary N) is 2. The van der Waals surface area contributed by atoms with Gasteiger partial charge in [-0.05, 0) is 74.3 Å². The number of hydrogen-bond acceptors (Lipinski definition) is 3. The summed E-state index contributed by atoms with van der Waals surface area (Å²) in [4.78, 5) is 14.9. The Labute approximate surface area is 152 Å². The number of piperidine rings is 1. The van der Waals surface area contributed by atoms with Gasteiger partial charge in [0.05, 0.1) is 0 Å². The molecule has 0 spiro atoms. The topological polar surface area (TPSA) is 44.4 Å². The van der Waals surface area contributed by atoms with Gasteiger partial charge in [0.2, 0.25) is 5.91 Å². The first kappa shape index (κ1) is 18.4. The molecule has 2 aliphatic heterocycles. The zero-order chi connectivity index (χ0) is 17.6. The third kappa shape index (κ3) is 5.29. The Kier molecular flexibility index (Phi) is 6.49. The molecule has 0 bridgehead atoms. The molecule has 4 heteroatoms. The summed E-state index contributed by atoms with van der Waals surface area (Å²) in [6, 6.07) is 6.34. The van der Waals surface area contributed by atoms with Crippen molar-refractivity contribution in [3.63, 3.8) is 0 Å². The Morgan fingerprint density at radius 3 is 2.84 bits per heavy atom. The fraction of sp³-hybridized carbons (Fsp3) is 0.667. The number of amides is 1. The Morgan fingerprint density at radius 1 is 1.28 bits per heavy atom. The zero-order valence-corrected chi connectivity index (χ0v) is 15.8. The van der Waals surface area contributed by atoms with Gasteiger partial charge in [-0.25, -0.2) is 0 Å². The second-order valence-corrected chi connectivity index (χ2v) is 8.12. The lowest BCUT2D eigenvalue weighted by atomic mass is 9.93. The van der Waals surface area contributed by atoms with Gasteiger partial charge in [0, 0.05) is 25.2 Å². The predicted octanol–water partition coefficient (Wildman–Crippen LogP) is 3.77. The third-order valence-corrected chi connectivity index (χ3v) is 5.58. The van der Waals surface area contributed by atoms with Gasteiger partial charge < -0.3 is 10.6 Å². The van der Waals surface area contributed by atoms with Crippen molar-refractivity contribution in [3.05, 3.63) is 29.3 Å². The smallest absolute Gasteiger partial charge is 0.224 e. The van der Waals surface area contributed by atoms with Gasteiger partial charge in [0.25, 0.3) is 0 Å². The molecular weight excluding hydrogens is 310 g/mol. The van der Waals surface area contributed by atoms with E-state index in [1.54, 1.807) is 0 Å². The van der Waals surface area contributed by atoms with Gasteiger partial charge in [-0.1, -0.05) is 26.0 Å². The molecule has 0 aromatic heterocycles. The molecule has 1 aromatic rings. The van der Waals surface area contributed by atoms with Gasteiger partial charge in [-0.3, -0.25) is 9.69 Å². The van der Waals surface area contributed by atoms with Crippen LogP contribution in [0, 0.1) is 11.8 Å². The van der Waals surface area contributed by atoms with Gasteiger partial charge in [-0.15, -0.1) is 0 Å². The first-order chi connectivity index (χ1) is 12.1. The first-order valence-electron chi connectivity index (χ1n) is 9.95. The maximum Gasteiger partial charge on any atom is 0.224 e. The van der Waals surface area contributed by atoms with Crippen LogP contribution in [0.1, 0.15) is 57.1 Å². The first-order valence-corrected chi connectivity index (χ1v) is 9.95. The average Bonchev–Trinajstić information content (AvgIpc) is 3.03. The maximum absolute atomic E-state index is 12.4. The van der Waals surface area contributed by atoms with E-state index in [9.17, 15) is 4.79 Å². The third-order valence-electron chi connectivity index (χ3n) is 5.58. The Bertz CT molecular complexity index is 579. The van der Waals surface area contributed by atoms with Crippen LogP contribution in [0.2, 0.25) is 0 Å². The standard InChI is InChI=1S/C21H33N3O/c1-16(2)10-13-24-14-18-4-3-5-20(19(18)15-24)23-21(25)7-6-17-8-11-22-12-9-17/h3-5,16-17,22H,6-15H2,1-2H3,(H,23,25). The van der Waals surface area contributed by atoms with E-state index in [0.717, 1.165) is 50.7 Å². The fourth-order valence-corrected chi connectivity index (χ4v) is 3.92. The second-order valence-electron chi connectivity index (χ2n) is 8.12. The summed E-state index contributed by atoms with van der Waals surface area (Å²) in [5.41, 5.74) is 3.72. The molecule has 1 aromatic carbocycles. The lowest BCUT2D eigenvalue weighted by Gasteiger charge is -2.22. The molecule has 0 unspecified atom stereocenters. The summed E-state index contributed by atoms with van der Waals surface area (Å²) < 4.78 is 0. The van der Waals surface area contributed by atoms with Crippen LogP contribution >= 0.6 is 0 Å². The Balaban J connectivity index is 1.52. The summed E-state index contributed by atoms with van der Waals surface area (Å²) >= 11 is 0. The number of anilines is 1. The molecule has 2 aliphatic rings. The highest BCUT2D eigenvalue weighted by atomic mass is 16.1. The van der Waals surface area contributed by atoms with E-state index in [1.165, 1.54) is 30.4 Å². The van der Waals surface area contributed by atoms with Crippen molar-refractivity contribution in [1.82, 2.24) is 10.2 Å². The molecule has 4 nitrogen and oxygen atoms in total. The summed E-state index contributed by atoms with van der Waals surface area (Å²) in [6.45, 7) is 9.87. The summed E-state index contributed by atoms with van der Waals surface area (Å²) in [5, 5.41) is 6.57. The van der Waals surface area contributed by atoms with E-state index in [2.05, 4.69) is 47.6 Å². The summed E-state index contributed by atoms with van der Waals surface area (Å²) in [6.07, 6.45) is 5.30. The number of rotatable bonds is 7. The molecule has 2 heterocycles. The van der Waals surface area contributed by atoms with Crippen LogP contribution in [0.3, 0.4) is 0 Å². The van der Waals surface area contributed by atoms with Crippen LogP contribution in [0.15, 0.2) is 18.2 Å². The highest BCUT2D eigenvalue weighted by Gasteiger charge is 2.22. The van der Waals surface area contributed by atoms with E-state index in [1.807, 2.05) is 0 Å². The van der Waals surface area contributed by atoms with Crippen molar-refractivity contribution in [2.75, 3.05) is 25.0 Å². The molecule has 1 saturated heterocycles. The average molecular weight is 344 g/mol. The minimum Gasteiger partial charge on any atom is -0.326 e. The quantitative estimate of drug-likeness (QED) is 0.792. The van der Waals surface area contributed by atoms with E-state index in [0.29, 0.717) is 12.3 Å². The van der Waals surface area contributed by atoms with Gasteiger partial charge in [-0.2, -0.15) is 0 Å². The Morgan fingerprint density at radius 2 is 2.08 bits per heavy atom. The fourth-order valence-electron chi connectivity index (χ4n) is 3.92. The summed E-state index contributed by atoms with van der Waals surface area (Å²) in [5.74, 6) is 1.62. The monoisotopic (exact) mass is 343 g/mol. The minimum atomic E-state index is 0.174. The number of carbonyl (C=O) groups is 1. The normalized spacial score (nSPS) is 18.5. The van der Waals surface area contributed by atoms with Crippen molar-refractivity contribution in [1.29, 1.82) is 0 Å². The van der Waals surface area contributed by atoms with E-state index < -0.39 is 0 Å². The highest BCUT2D eigenvalue weighted by molar-refractivity contribution is 5.91. The summed E-state index contributed by atoms with van der Waals surface area (Å²) in [7, 11) is 0. The van der Waals surface area contributed by atoms with Crippen molar-refractivity contribution >= 4 is 11.6 Å². The van der Waals surface area contributed by atoms with Crippen molar-refractivity contribution in [2.24, 2.45) is 11.8 Å². The van der Waals surface area contributed by atoms with Crippen LogP contribution in [0.25, 0.3) is 0 Å². The van der Waals surface area contributed by atoms with Crippen molar-refractivity contribution in [3.8, 4) is 0 Å².